The highest BCUT2D eigenvalue weighted by Crippen LogP contribution is 2.66. The molecule has 0 heterocycles. The topological polar surface area (TPSA) is 0 Å². The van der Waals surface area contributed by atoms with Crippen LogP contribution in [0.25, 0.3) is 0 Å². The van der Waals surface area contributed by atoms with Crippen LogP contribution >= 0.6 is 0 Å². The fraction of sp³-hybridized carbons (Fsp3) is 1.00. The summed E-state index contributed by atoms with van der Waals surface area (Å²) in [7, 11) is 0. The van der Waals surface area contributed by atoms with Crippen LogP contribution < -0.4 is 0 Å². The van der Waals surface area contributed by atoms with Crippen LogP contribution in [0.5, 0.6) is 0 Å². The summed E-state index contributed by atoms with van der Waals surface area (Å²) in [4.78, 5) is 0. The summed E-state index contributed by atoms with van der Waals surface area (Å²) < 4.78 is 0. The van der Waals surface area contributed by atoms with Gasteiger partial charge in [0.25, 0.3) is 0 Å². The standard InChI is InChI=1S/C18H30/c1-2-6-13(5-1)7-3-4-8-14-9-10-16-15-11-12-17(15)18(14)16/h13-18H,1-12H2/t14?,15?,16-,17?,18?/m1/s1. The summed E-state index contributed by atoms with van der Waals surface area (Å²) in [5.74, 6) is 7.16. The molecule has 0 N–H and O–H groups in total. The van der Waals surface area contributed by atoms with Gasteiger partial charge in [0.2, 0.25) is 0 Å². The van der Waals surface area contributed by atoms with Crippen molar-refractivity contribution in [3.05, 3.63) is 0 Å². The van der Waals surface area contributed by atoms with Crippen molar-refractivity contribution in [3.63, 3.8) is 0 Å². The molecule has 0 amide bonds. The van der Waals surface area contributed by atoms with Gasteiger partial charge >= 0.3 is 0 Å². The van der Waals surface area contributed by atoms with Crippen molar-refractivity contribution in [1.29, 1.82) is 0 Å². The Morgan fingerprint density at radius 2 is 1.28 bits per heavy atom. The van der Waals surface area contributed by atoms with E-state index in [1.807, 2.05) is 0 Å². The lowest BCUT2D eigenvalue weighted by Gasteiger charge is -2.59. The fourth-order valence-electron chi connectivity index (χ4n) is 6.20. The lowest BCUT2D eigenvalue weighted by atomic mass is 9.46. The SMILES string of the molecule is C1CCC(CCCCC2CC[C@@H]3C4CCC4C23)C1. The minimum atomic E-state index is 1.13. The van der Waals surface area contributed by atoms with E-state index in [1.54, 1.807) is 64.2 Å². The van der Waals surface area contributed by atoms with Gasteiger partial charge in [-0.25, -0.2) is 0 Å². The van der Waals surface area contributed by atoms with Gasteiger partial charge in [-0.2, -0.15) is 0 Å². The minimum Gasteiger partial charge on any atom is -0.0530 e. The third-order valence-electron chi connectivity index (χ3n) is 7.25. The van der Waals surface area contributed by atoms with Crippen LogP contribution in [0.2, 0.25) is 0 Å². The molecule has 0 bridgehead atoms. The first-order valence-corrected chi connectivity index (χ1v) is 8.93. The molecule has 4 unspecified atom stereocenters. The number of hydrogen-bond acceptors (Lipinski definition) is 0. The third kappa shape index (κ3) is 1.86. The first-order chi connectivity index (χ1) is 8.93. The number of hydrogen-bond donors (Lipinski definition) is 0. The molecule has 4 saturated carbocycles. The zero-order valence-electron chi connectivity index (χ0n) is 11.9. The van der Waals surface area contributed by atoms with Crippen LogP contribution in [0, 0.1) is 35.5 Å². The Kier molecular flexibility index (Phi) is 3.17. The van der Waals surface area contributed by atoms with E-state index < -0.39 is 0 Å². The predicted octanol–water partition coefficient (Wildman–Crippen LogP) is 5.42. The Bertz CT molecular complexity index is 288. The van der Waals surface area contributed by atoms with E-state index in [0.29, 0.717) is 0 Å². The molecule has 5 atom stereocenters. The lowest BCUT2D eigenvalue weighted by molar-refractivity contribution is -0.101. The van der Waals surface area contributed by atoms with Crippen molar-refractivity contribution in [2.24, 2.45) is 35.5 Å². The Morgan fingerprint density at radius 3 is 2.00 bits per heavy atom. The molecule has 0 heteroatoms. The molecule has 0 nitrogen and oxygen atoms in total. The Labute approximate surface area is 113 Å². The second-order valence-electron chi connectivity index (χ2n) is 7.92. The largest absolute Gasteiger partial charge is 0.0530 e. The maximum atomic E-state index is 1.61. The average molecular weight is 246 g/mol. The quantitative estimate of drug-likeness (QED) is 0.568. The molecule has 102 valence electrons. The molecule has 0 aromatic carbocycles. The van der Waals surface area contributed by atoms with Crippen LogP contribution in [-0.4, -0.2) is 0 Å². The molecular formula is C18H30. The number of unbranched alkanes of at least 4 members (excludes halogenated alkanes) is 1. The van der Waals surface area contributed by atoms with Crippen molar-refractivity contribution in [2.75, 3.05) is 0 Å². The highest BCUT2D eigenvalue weighted by atomic mass is 14.6. The Balaban J connectivity index is 1.17. The van der Waals surface area contributed by atoms with Crippen LogP contribution in [0.15, 0.2) is 0 Å². The smallest absolute Gasteiger partial charge is 0.0323 e. The van der Waals surface area contributed by atoms with Gasteiger partial charge in [-0.05, 0) is 61.2 Å². The van der Waals surface area contributed by atoms with Crippen LogP contribution in [0.3, 0.4) is 0 Å². The predicted molar refractivity (Wildman–Crippen MR) is 76.3 cm³/mol. The summed E-state index contributed by atoms with van der Waals surface area (Å²) in [6.45, 7) is 0. The molecule has 0 aromatic heterocycles. The van der Waals surface area contributed by atoms with Gasteiger partial charge in [-0.1, -0.05) is 51.4 Å². The van der Waals surface area contributed by atoms with E-state index in [2.05, 4.69) is 0 Å². The van der Waals surface area contributed by atoms with Crippen molar-refractivity contribution >= 4 is 0 Å². The molecule has 0 spiro atoms. The maximum absolute atomic E-state index is 1.61. The number of rotatable bonds is 5. The fourth-order valence-corrected chi connectivity index (χ4v) is 6.20. The molecule has 18 heavy (non-hydrogen) atoms. The Morgan fingerprint density at radius 1 is 0.611 bits per heavy atom. The molecule has 4 aliphatic rings. The summed E-state index contributed by atoms with van der Waals surface area (Å²) in [6, 6.07) is 0. The zero-order chi connectivity index (χ0) is 11.9. The molecular weight excluding hydrogens is 216 g/mol. The monoisotopic (exact) mass is 246 g/mol. The van der Waals surface area contributed by atoms with Crippen LogP contribution in [0.1, 0.15) is 77.0 Å². The van der Waals surface area contributed by atoms with E-state index >= 15 is 0 Å². The first-order valence-electron chi connectivity index (χ1n) is 8.93. The van der Waals surface area contributed by atoms with E-state index in [9.17, 15) is 0 Å². The highest BCUT2D eigenvalue weighted by molar-refractivity contribution is 5.08. The van der Waals surface area contributed by atoms with Crippen LogP contribution in [-0.2, 0) is 0 Å². The van der Waals surface area contributed by atoms with Gasteiger partial charge in [-0.3, -0.25) is 0 Å². The molecule has 4 aliphatic carbocycles. The van der Waals surface area contributed by atoms with Gasteiger partial charge in [0, 0.05) is 0 Å². The van der Waals surface area contributed by atoms with Crippen molar-refractivity contribution in [3.8, 4) is 0 Å². The number of fused-ring (bicyclic) bond motifs is 4. The van der Waals surface area contributed by atoms with Crippen molar-refractivity contribution < 1.29 is 0 Å². The highest BCUT2D eigenvalue weighted by Gasteiger charge is 2.59. The van der Waals surface area contributed by atoms with Gasteiger partial charge in [0.05, 0.1) is 0 Å². The van der Waals surface area contributed by atoms with Crippen molar-refractivity contribution in [2.45, 2.75) is 77.0 Å². The van der Waals surface area contributed by atoms with Crippen molar-refractivity contribution in [1.82, 2.24) is 0 Å². The molecule has 4 rings (SSSR count). The lowest BCUT2D eigenvalue weighted by Crippen LogP contribution is -2.52. The van der Waals surface area contributed by atoms with E-state index in [4.69, 9.17) is 0 Å². The first kappa shape index (κ1) is 11.8. The summed E-state index contributed by atoms with van der Waals surface area (Å²) in [6.07, 6.45) is 18.8. The summed E-state index contributed by atoms with van der Waals surface area (Å²) in [5.41, 5.74) is 0. The van der Waals surface area contributed by atoms with Gasteiger partial charge in [0.1, 0.15) is 0 Å². The van der Waals surface area contributed by atoms with E-state index in [1.165, 1.54) is 42.4 Å². The summed E-state index contributed by atoms with van der Waals surface area (Å²) in [5, 5.41) is 0. The summed E-state index contributed by atoms with van der Waals surface area (Å²) >= 11 is 0. The maximum Gasteiger partial charge on any atom is -0.0323 e. The molecule has 0 saturated heterocycles. The average Bonchev–Trinajstić information content (AvgIpc) is 2.95. The molecule has 0 aromatic rings. The van der Waals surface area contributed by atoms with Gasteiger partial charge < -0.3 is 0 Å². The van der Waals surface area contributed by atoms with E-state index in [0.717, 1.165) is 5.92 Å². The minimum absolute atomic E-state index is 1.13. The molecule has 0 radical (unpaired) electrons. The second-order valence-corrected chi connectivity index (χ2v) is 7.92. The zero-order valence-corrected chi connectivity index (χ0v) is 11.9. The van der Waals surface area contributed by atoms with Gasteiger partial charge in [0.15, 0.2) is 0 Å². The van der Waals surface area contributed by atoms with E-state index in [-0.39, 0.29) is 0 Å². The Hall–Kier alpha value is 0. The molecule has 0 aliphatic heterocycles. The molecule has 4 fully saturated rings. The van der Waals surface area contributed by atoms with Crippen LogP contribution in [0.4, 0.5) is 0 Å². The van der Waals surface area contributed by atoms with Gasteiger partial charge in [-0.15, -0.1) is 0 Å². The normalized spacial score (nSPS) is 46.3. The third-order valence-corrected chi connectivity index (χ3v) is 7.25. The second kappa shape index (κ2) is 4.84.